The van der Waals surface area contributed by atoms with Crippen LogP contribution in [0.25, 0.3) is 11.3 Å². The Labute approximate surface area is 156 Å². The molecule has 5 N–H and O–H groups in total. The Bertz CT molecular complexity index is 987. The number of nitrogen functional groups attached to an aromatic ring is 1. The van der Waals surface area contributed by atoms with Crippen LogP contribution in [-0.4, -0.2) is 16.0 Å². The summed E-state index contributed by atoms with van der Waals surface area (Å²) in [6.07, 6.45) is -3.08. The lowest BCUT2D eigenvalue weighted by Crippen LogP contribution is -2.20. The molecular weight excluding hydrogens is 383 g/mol. The topological polar surface area (TPSA) is 95.8 Å². The van der Waals surface area contributed by atoms with Gasteiger partial charge in [0.25, 0.3) is 0 Å². The minimum absolute atomic E-state index is 0.0401. The highest BCUT2D eigenvalue weighted by Gasteiger charge is 2.33. The molecule has 0 fully saturated rings. The van der Waals surface area contributed by atoms with Crippen LogP contribution in [0.1, 0.15) is 5.56 Å². The monoisotopic (exact) mass is 395 g/mol. The fourth-order valence-electron chi connectivity index (χ4n) is 2.36. The Morgan fingerprint density at radius 2 is 1.81 bits per heavy atom. The number of nitrogens with one attached hydrogen (secondary N) is 3. The predicted molar refractivity (Wildman–Crippen MR) is 97.5 cm³/mol. The van der Waals surface area contributed by atoms with E-state index in [2.05, 4.69) is 20.6 Å². The molecule has 0 radical (unpaired) electrons. The van der Waals surface area contributed by atoms with Crippen molar-refractivity contribution in [3.63, 3.8) is 0 Å². The van der Waals surface area contributed by atoms with E-state index in [0.29, 0.717) is 11.4 Å². The summed E-state index contributed by atoms with van der Waals surface area (Å²) in [5.41, 5.74) is 6.29. The first-order chi connectivity index (χ1) is 12.7. The van der Waals surface area contributed by atoms with Crippen LogP contribution in [0.3, 0.4) is 0 Å². The molecule has 0 unspecified atom stereocenters. The number of benzene rings is 2. The molecule has 27 heavy (non-hydrogen) atoms. The zero-order chi connectivity index (χ0) is 19.6. The molecule has 1 aromatic heterocycles. The average Bonchev–Trinajstić information content (AvgIpc) is 3.02. The van der Waals surface area contributed by atoms with Gasteiger partial charge in [-0.1, -0.05) is 23.7 Å². The van der Waals surface area contributed by atoms with Crippen LogP contribution in [0, 0.1) is 0 Å². The van der Waals surface area contributed by atoms with E-state index in [9.17, 15) is 18.0 Å². The number of urea groups is 1. The van der Waals surface area contributed by atoms with E-state index in [4.69, 9.17) is 17.3 Å². The summed E-state index contributed by atoms with van der Waals surface area (Å²) >= 11 is 5.56. The summed E-state index contributed by atoms with van der Waals surface area (Å²) in [5, 5.41) is 4.45. The number of H-pyrrole nitrogens is 1. The standard InChI is InChI=1S/C17H13ClF3N5O/c18-13-5-4-11(7-12(13)17(19,20)21)25-16(27)24-10-3-1-2-9(6-10)14-8-23-15(22)26-14/h1-8H,(H3,22,23,26)(H2,24,25,27). The van der Waals surface area contributed by atoms with Crippen molar-refractivity contribution in [3.05, 3.63) is 59.2 Å². The van der Waals surface area contributed by atoms with Gasteiger partial charge in [-0.25, -0.2) is 9.78 Å². The molecule has 0 aliphatic heterocycles. The quantitative estimate of drug-likeness (QED) is 0.504. The molecule has 140 valence electrons. The number of rotatable bonds is 3. The van der Waals surface area contributed by atoms with Crippen LogP contribution >= 0.6 is 11.6 Å². The first-order valence-corrected chi connectivity index (χ1v) is 7.96. The molecule has 0 spiro atoms. The number of hydrogen-bond acceptors (Lipinski definition) is 3. The second-order valence-electron chi connectivity index (χ2n) is 5.53. The number of hydrogen-bond donors (Lipinski definition) is 4. The number of carbonyl (C=O) groups is 1. The highest BCUT2D eigenvalue weighted by atomic mass is 35.5. The van der Waals surface area contributed by atoms with Crippen molar-refractivity contribution >= 4 is 35.0 Å². The summed E-state index contributed by atoms with van der Waals surface area (Å²) < 4.78 is 38.7. The Hall–Kier alpha value is -3.20. The third-order valence-corrected chi connectivity index (χ3v) is 3.89. The van der Waals surface area contributed by atoms with E-state index in [1.807, 2.05) is 0 Å². The van der Waals surface area contributed by atoms with Gasteiger partial charge in [0.1, 0.15) is 0 Å². The van der Waals surface area contributed by atoms with Crippen molar-refractivity contribution in [1.82, 2.24) is 9.97 Å². The largest absolute Gasteiger partial charge is 0.417 e. The number of alkyl halides is 3. The van der Waals surface area contributed by atoms with Crippen LogP contribution in [0.4, 0.5) is 35.3 Å². The molecule has 0 saturated heterocycles. The van der Waals surface area contributed by atoms with Crippen LogP contribution in [0.15, 0.2) is 48.7 Å². The van der Waals surface area contributed by atoms with Crippen LogP contribution in [0.5, 0.6) is 0 Å². The van der Waals surface area contributed by atoms with Gasteiger partial charge in [0.15, 0.2) is 5.95 Å². The van der Waals surface area contributed by atoms with Crippen molar-refractivity contribution in [2.24, 2.45) is 0 Å². The highest BCUT2D eigenvalue weighted by molar-refractivity contribution is 6.31. The number of carbonyl (C=O) groups excluding carboxylic acids is 1. The van der Waals surface area contributed by atoms with E-state index in [-0.39, 0.29) is 11.6 Å². The SMILES string of the molecule is Nc1ncc(-c2cccc(NC(=O)Nc3ccc(Cl)c(C(F)(F)F)c3)c2)[nH]1. The molecule has 0 bridgehead atoms. The second-order valence-corrected chi connectivity index (χ2v) is 5.94. The zero-order valence-electron chi connectivity index (χ0n) is 13.6. The minimum atomic E-state index is -4.62. The zero-order valence-corrected chi connectivity index (χ0v) is 14.3. The highest BCUT2D eigenvalue weighted by Crippen LogP contribution is 2.36. The van der Waals surface area contributed by atoms with Gasteiger partial charge in [0, 0.05) is 16.9 Å². The maximum absolute atomic E-state index is 12.9. The number of nitrogens with two attached hydrogens (primary N) is 1. The normalized spacial score (nSPS) is 11.3. The number of amides is 2. The number of aromatic amines is 1. The molecule has 6 nitrogen and oxygen atoms in total. The Morgan fingerprint density at radius 3 is 2.44 bits per heavy atom. The lowest BCUT2D eigenvalue weighted by Gasteiger charge is -2.12. The number of anilines is 3. The van der Waals surface area contributed by atoms with E-state index >= 15 is 0 Å². The second kappa shape index (κ2) is 7.20. The van der Waals surface area contributed by atoms with Crippen LogP contribution < -0.4 is 16.4 Å². The number of nitrogens with zero attached hydrogens (tertiary/aromatic N) is 1. The number of aromatic nitrogens is 2. The minimum Gasteiger partial charge on any atom is -0.369 e. The van der Waals surface area contributed by atoms with E-state index in [1.54, 1.807) is 30.5 Å². The summed E-state index contributed by atoms with van der Waals surface area (Å²) in [6, 6.07) is 9.19. The Kier molecular flexibility index (Phi) is 4.95. The van der Waals surface area contributed by atoms with Crippen LogP contribution in [-0.2, 0) is 6.18 Å². The van der Waals surface area contributed by atoms with E-state index in [0.717, 1.165) is 17.7 Å². The van der Waals surface area contributed by atoms with Gasteiger partial charge in [-0.2, -0.15) is 13.2 Å². The van der Waals surface area contributed by atoms with Gasteiger partial charge >= 0.3 is 12.2 Å². The summed E-state index contributed by atoms with van der Waals surface area (Å²) in [6.45, 7) is 0. The molecule has 2 amide bonds. The molecule has 0 saturated carbocycles. The van der Waals surface area contributed by atoms with Crippen molar-refractivity contribution in [1.29, 1.82) is 0 Å². The third kappa shape index (κ3) is 4.50. The van der Waals surface area contributed by atoms with E-state index < -0.39 is 22.8 Å². The van der Waals surface area contributed by atoms with Gasteiger partial charge in [-0.15, -0.1) is 0 Å². The molecule has 0 aliphatic rings. The summed E-state index contributed by atoms with van der Waals surface area (Å²) in [7, 11) is 0. The predicted octanol–water partition coefficient (Wildman–Crippen LogP) is 4.98. The fourth-order valence-corrected chi connectivity index (χ4v) is 2.59. The first-order valence-electron chi connectivity index (χ1n) is 7.58. The van der Waals surface area contributed by atoms with Crippen molar-refractivity contribution in [3.8, 4) is 11.3 Å². The number of halogens is 4. The molecule has 1 heterocycles. The smallest absolute Gasteiger partial charge is 0.369 e. The molecular formula is C17H13ClF3N5O. The summed E-state index contributed by atoms with van der Waals surface area (Å²) in [4.78, 5) is 18.9. The third-order valence-electron chi connectivity index (χ3n) is 3.56. The Morgan fingerprint density at radius 1 is 1.11 bits per heavy atom. The maximum atomic E-state index is 12.9. The van der Waals surface area contributed by atoms with E-state index in [1.165, 1.54) is 6.07 Å². The average molecular weight is 396 g/mol. The fraction of sp³-hybridized carbons (Fsp3) is 0.0588. The van der Waals surface area contributed by atoms with Crippen molar-refractivity contribution in [2.75, 3.05) is 16.4 Å². The maximum Gasteiger partial charge on any atom is 0.417 e. The lowest BCUT2D eigenvalue weighted by molar-refractivity contribution is -0.137. The Balaban J connectivity index is 1.73. The number of imidazole rings is 1. The van der Waals surface area contributed by atoms with Crippen molar-refractivity contribution < 1.29 is 18.0 Å². The molecule has 3 rings (SSSR count). The van der Waals surface area contributed by atoms with Crippen molar-refractivity contribution in [2.45, 2.75) is 6.18 Å². The van der Waals surface area contributed by atoms with Gasteiger partial charge < -0.3 is 21.4 Å². The molecule has 10 heteroatoms. The summed E-state index contributed by atoms with van der Waals surface area (Å²) in [5.74, 6) is 0.254. The first kappa shape index (κ1) is 18.6. The molecule has 2 aromatic carbocycles. The molecule has 3 aromatic rings. The molecule has 0 aliphatic carbocycles. The van der Waals surface area contributed by atoms with Gasteiger partial charge in [0.05, 0.1) is 22.5 Å². The van der Waals surface area contributed by atoms with Gasteiger partial charge in [-0.05, 0) is 30.3 Å². The van der Waals surface area contributed by atoms with Crippen LogP contribution in [0.2, 0.25) is 5.02 Å². The lowest BCUT2D eigenvalue weighted by atomic mass is 10.1. The van der Waals surface area contributed by atoms with Gasteiger partial charge in [-0.3, -0.25) is 0 Å². The van der Waals surface area contributed by atoms with Gasteiger partial charge in [0.2, 0.25) is 0 Å². The molecule has 0 atom stereocenters.